The fraction of sp³-hybridized carbons (Fsp3) is 0. The molecule has 0 saturated heterocycles. The third kappa shape index (κ3) is 14.5. The summed E-state index contributed by atoms with van der Waals surface area (Å²) in [5, 5.41) is 4.39. The molecule has 594 valence electrons. The highest BCUT2D eigenvalue weighted by Crippen LogP contribution is 2.47. The quantitative estimate of drug-likeness (QED) is 0.0691. The van der Waals surface area contributed by atoms with Crippen LogP contribution in [0.1, 0.15) is 0 Å². The molecule has 0 saturated carbocycles. The predicted molar refractivity (Wildman–Crippen MR) is 519 cm³/mol. The summed E-state index contributed by atoms with van der Waals surface area (Å²) in [5.41, 5.74) is 26.0. The van der Waals surface area contributed by atoms with Gasteiger partial charge in [0.05, 0.1) is 22.1 Å². The smallest absolute Gasteiger partial charge is 0.164 e. The molecule has 0 aliphatic heterocycles. The standard InChI is InChI=1S/C114H78N12/c1-11-33-80(34-12-1)109-115-110(81-35-13-2-14-36-81)119-114(118-109)86-41-32-56-96(74-86)126-107-71-67-99(123(91-50-25-8-26-51-91)92-52-27-9-28-53-92)77-103(107)104-78-100(68-72-108(104)126)124(93-54-29-10-30-55-93)94-61-57-79(58-62-94)84-39-31-40-85(73-84)113-117-111(82-37-15-3-16-38-82)116-112(120-113)83-59-63-95(64-60-83)125-105-69-65-97(121(87-42-17-4-18-43-87)88-44-19-5-20-45-88)75-101(105)102-76-98(66-70-106(102)125)122(89-46-21-6-22-47-89)90-48-23-7-24-49-90/h1-78H. The third-order valence-corrected chi connectivity index (χ3v) is 23.3. The molecule has 22 aromatic rings. The van der Waals surface area contributed by atoms with E-state index >= 15 is 0 Å². The van der Waals surface area contributed by atoms with Crippen LogP contribution in [-0.2, 0) is 0 Å². The Labute approximate surface area is 729 Å². The van der Waals surface area contributed by atoms with Crippen LogP contribution in [0.2, 0.25) is 0 Å². The van der Waals surface area contributed by atoms with Gasteiger partial charge < -0.3 is 28.7 Å². The molecule has 0 spiro atoms. The first kappa shape index (κ1) is 75.0. The first-order valence-electron chi connectivity index (χ1n) is 42.3. The monoisotopic (exact) mass is 1610 g/mol. The lowest BCUT2D eigenvalue weighted by Crippen LogP contribution is -2.09. The molecule has 0 N–H and O–H groups in total. The van der Waals surface area contributed by atoms with Gasteiger partial charge in [0.1, 0.15) is 0 Å². The molecule has 4 aromatic heterocycles. The lowest BCUT2D eigenvalue weighted by Gasteiger charge is -2.26. The second-order valence-electron chi connectivity index (χ2n) is 31.1. The van der Waals surface area contributed by atoms with Crippen molar-refractivity contribution in [3.05, 3.63) is 473 Å². The summed E-state index contributed by atoms with van der Waals surface area (Å²) in [7, 11) is 0. The highest BCUT2D eigenvalue weighted by Gasteiger charge is 2.26. The fourth-order valence-electron chi connectivity index (χ4n) is 17.4. The van der Waals surface area contributed by atoms with Crippen LogP contribution in [0.15, 0.2) is 473 Å². The average Bonchev–Trinajstić information content (AvgIpc) is 1.58. The van der Waals surface area contributed by atoms with Crippen LogP contribution in [0, 0.1) is 0 Å². The van der Waals surface area contributed by atoms with E-state index in [2.05, 4.69) is 423 Å². The summed E-state index contributed by atoms with van der Waals surface area (Å²) in [6, 6.07) is 167. The number of hydrogen-bond donors (Lipinski definition) is 0. The Morgan fingerprint density at radius 3 is 0.651 bits per heavy atom. The van der Waals surface area contributed by atoms with Gasteiger partial charge in [-0.3, -0.25) is 0 Å². The molecule has 0 bridgehead atoms. The molecular formula is C114H78N12. The minimum Gasteiger partial charge on any atom is -0.310 e. The predicted octanol–water partition coefficient (Wildman–Crippen LogP) is 29.8. The molecule has 12 nitrogen and oxygen atoms in total. The lowest BCUT2D eigenvalue weighted by atomic mass is 10.0. The van der Waals surface area contributed by atoms with Gasteiger partial charge in [-0.05, 0) is 223 Å². The van der Waals surface area contributed by atoms with Crippen LogP contribution in [0.5, 0.6) is 0 Å². The van der Waals surface area contributed by atoms with Crippen LogP contribution < -0.4 is 19.6 Å². The molecular weight excluding hydrogens is 1540 g/mol. The minimum absolute atomic E-state index is 0.562. The fourth-order valence-corrected chi connectivity index (χ4v) is 17.4. The summed E-state index contributed by atoms with van der Waals surface area (Å²) in [4.78, 5) is 40.6. The van der Waals surface area contributed by atoms with E-state index in [-0.39, 0.29) is 0 Å². The van der Waals surface area contributed by atoms with Crippen molar-refractivity contribution in [1.82, 2.24) is 39.0 Å². The van der Waals surface area contributed by atoms with Gasteiger partial charge >= 0.3 is 0 Å². The number of para-hydroxylation sites is 7. The normalized spacial score (nSPS) is 11.3. The van der Waals surface area contributed by atoms with Crippen molar-refractivity contribution < 1.29 is 0 Å². The van der Waals surface area contributed by atoms with Crippen molar-refractivity contribution >= 4 is 112 Å². The maximum atomic E-state index is 5.37. The molecule has 22 rings (SSSR count). The van der Waals surface area contributed by atoms with Gasteiger partial charge in [0.25, 0.3) is 0 Å². The number of benzene rings is 18. The average molecular weight is 1620 g/mol. The molecule has 0 fully saturated rings. The Balaban J connectivity index is 0.624. The Hall–Kier alpha value is -17.2. The van der Waals surface area contributed by atoms with Gasteiger partial charge in [0.2, 0.25) is 0 Å². The lowest BCUT2D eigenvalue weighted by molar-refractivity contribution is 1.07. The largest absolute Gasteiger partial charge is 0.310 e. The number of rotatable bonds is 21. The Morgan fingerprint density at radius 1 is 0.135 bits per heavy atom. The second-order valence-corrected chi connectivity index (χ2v) is 31.1. The summed E-state index contributed by atoms with van der Waals surface area (Å²) >= 11 is 0. The van der Waals surface area contributed by atoms with Gasteiger partial charge in [0, 0.05) is 135 Å². The molecule has 126 heavy (non-hydrogen) atoms. The zero-order chi connectivity index (χ0) is 83.6. The van der Waals surface area contributed by atoms with Crippen molar-refractivity contribution in [3.63, 3.8) is 0 Å². The van der Waals surface area contributed by atoms with E-state index in [9.17, 15) is 0 Å². The number of nitrogens with zero attached hydrogens (tertiary/aromatic N) is 12. The van der Waals surface area contributed by atoms with E-state index in [1.165, 1.54) is 0 Å². The van der Waals surface area contributed by atoms with Crippen LogP contribution in [0.3, 0.4) is 0 Å². The molecule has 0 unspecified atom stereocenters. The SMILES string of the molecule is c1ccc(-c2nc(-c3ccc(-n4c5ccc(N(c6ccccc6)c6ccccc6)cc5c5cc(N(c6ccccc6)c6ccccc6)ccc54)cc3)nc(-c3cccc(-c4ccc(N(c5ccccc5)c5ccc6c(c5)c5cc(N(c7ccccc7)c7ccccc7)ccc5n6-c5cccc(-c6nc(-c7ccccc7)nc(-c7ccccc7)n6)c5)cc4)c3)n2)cc1. The van der Waals surface area contributed by atoms with Crippen LogP contribution in [0.4, 0.5) is 68.2 Å². The van der Waals surface area contributed by atoms with Crippen molar-refractivity contribution in [2.24, 2.45) is 0 Å². The molecule has 0 radical (unpaired) electrons. The van der Waals surface area contributed by atoms with Crippen LogP contribution in [0.25, 0.3) is 134 Å². The summed E-state index contributed by atoms with van der Waals surface area (Å²) in [6.45, 7) is 0. The zero-order valence-corrected chi connectivity index (χ0v) is 68.4. The van der Waals surface area contributed by atoms with E-state index in [1.54, 1.807) is 0 Å². The van der Waals surface area contributed by atoms with Crippen molar-refractivity contribution in [1.29, 1.82) is 0 Å². The Morgan fingerprint density at radius 2 is 0.349 bits per heavy atom. The zero-order valence-electron chi connectivity index (χ0n) is 68.4. The Bertz CT molecular complexity index is 7350. The summed E-state index contributed by atoms with van der Waals surface area (Å²) < 4.78 is 4.75. The number of hydrogen-bond acceptors (Lipinski definition) is 10. The van der Waals surface area contributed by atoms with Crippen molar-refractivity contribution in [2.75, 3.05) is 19.6 Å². The number of aromatic nitrogens is 8. The highest BCUT2D eigenvalue weighted by atomic mass is 15.2. The topological polar surface area (TPSA) is 100 Å². The third-order valence-electron chi connectivity index (χ3n) is 23.3. The minimum atomic E-state index is 0.562. The second kappa shape index (κ2) is 33.1. The highest BCUT2D eigenvalue weighted by molar-refractivity contribution is 6.14. The number of anilines is 12. The van der Waals surface area contributed by atoms with E-state index in [0.29, 0.717) is 34.9 Å². The maximum Gasteiger partial charge on any atom is 0.164 e. The molecule has 12 heteroatoms. The van der Waals surface area contributed by atoms with Crippen molar-refractivity contribution in [2.45, 2.75) is 0 Å². The summed E-state index contributed by atoms with van der Waals surface area (Å²) in [6.07, 6.45) is 0. The molecule has 18 aromatic carbocycles. The van der Waals surface area contributed by atoms with E-state index in [4.69, 9.17) is 29.9 Å². The van der Waals surface area contributed by atoms with E-state index < -0.39 is 0 Å². The molecule has 4 heterocycles. The molecule has 0 amide bonds. The molecule has 0 atom stereocenters. The number of fused-ring (bicyclic) bond motifs is 6. The first-order valence-corrected chi connectivity index (χ1v) is 42.3. The molecule has 0 aliphatic carbocycles. The van der Waals surface area contributed by atoms with Gasteiger partial charge in [-0.15, -0.1) is 0 Å². The van der Waals surface area contributed by atoms with Crippen LogP contribution >= 0.6 is 0 Å². The van der Waals surface area contributed by atoms with Crippen LogP contribution in [-0.4, -0.2) is 39.0 Å². The van der Waals surface area contributed by atoms with Gasteiger partial charge in [-0.2, -0.15) is 0 Å². The maximum absolute atomic E-state index is 5.37. The van der Waals surface area contributed by atoms with Gasteiger partial charge in [0.15, 0.2) is 34.9 Å². The van der Waals surface area contributed by atoms with Crippen molar-refractivity contribution in [3.8, 4) is 90.8 Å². The molecule has 0 aliphatic rings. The van der Waals surface area contributed by atoms with E-state index in [0.717, 1.165) is 168 Å². The first-order chi connectivity index (χ1) is 62.5. The Kier molecular flexibility index (Phi) is 19.7. The van der Waals surface area contributed by atoms with Gasteiger partial charge in [-0.25, -0.2) is 29.9 Å². The van der Waals surface area contributed by atoms with E-state index in [1.807, 2.05) is 78.9 Å². The van der Waals surface area contributed by atoms with Gasteiger partial charge in [-0.1, -0.05) is 261 Å². The summed E-state index contributed by atoms with van der Waals surface area (Å²) in [5.74, 6) is 3.49.